The third-order valence-corrected chi connectivity index (χ3v) is 4.83. The van der Waals surface area contributed by atoms with Gasteiger partial charge in [0.15, 0.2) is 10.6 Å². The minimum atomic E-state index is -5.07. The van der Waals surface area contributed by atoms with E-state index in [1.54, 1.807) is 0 Å². The van der Waals surface area contributed by atoms with Gasteiger partial charge in [-0.15, -0.1) is 13.2 Å². The van der Waals surface area contributed by atoms with Crippen LogP contribution in [0.3, 0.4) is 0 Å². The molecule has 0 unspecified atom stereocenters. The van der Waals surface area contributed by atoms with E-state index in [0.717, 1.165) is 22.5 Å². The Morgan fingerprint density at radius 3 is 2.48 bits per heavy atom. The van der Waals surface area contributed by atoms with Crippen molar-refractivity contribution in [3.63, 3.8) is 0 Å². The molecule has 6 nitrogen and oxygen atoms in total. The van der Waals surface area contributed by atoms with Gasteiger partial charge in [-0.05, 0) is 12.1 Å². The van der Waals surface area contributed by atoms with Gasteiger partial charge >= 0.3 is 6.36 Å². The average molecular weight is 327 g/mol. The van der Waals surface area contributed by atoms with Gasteiger partial charge in [-0.3, -0.25) is 0 Å². The number of phenolic OH excluding ortho intramolecular Hbond substituents is 1. The zero-order valence-electron chi connectivity index (χ0n) is 10.8. The van der Waals surface area contributed by atoms with E-state index in [-0.39, 0.29) is 19.2 Å². The molecule has 0 amide bonds. The molecule has 0 bridgehead atoms. The van der Waals surface area contributed by atoms with E-state index in [4.69, 9.17) is 4.74 Å². The van der Waals surface area contributed by atoms with Crippen molar-refractivity contribution in [2.75, 3.05) is 20.2 Å². The number of nitrogens with zero attached hydrogens (tertiary/aromatic N) is 1. The number of rotatable bonds is 4. The van der Waals surface area contributed by atoms with Crippen molar-refractivity contribution in [2.24, 2.45) is 0 Å². The van der Waals surface area contributed by atoms with E-state index in [9.17, 15) is 26.7 Å². The lowest BCUT2D eigenvalue weighted by molar-refractivity contribution is -0.275. The predicted molar refractivity (Wildman–Crippen MR) is 64.3 cm³/mol. The van der Waals surface area contributed by atoms with Gasteiger partial charge in [0.25, 0.3) is 10.0 Å². The Morgan fingerprint density at radius 2 is 1.95 bits per heavy atom. The number of hydrogen-bond acceptors (Lipinski definition) is 5. The van der Waals surface area contributed by atoms with Crippen LogP contribution >= 0.6 is 0 Å². The molecule has 1 aliphatic rings. The van der Waals surface area contributed by atoms with Crippen molar-refractivity contribution in [3.8, 4) is 11.5 Å². The summed E-state index contributed by atoms with van der Waals surface area (Å²) in [6.07, 6.45) is -5.39. The van der Waals surface area contributed by atoms with E-state index in [1.165, 1.54) is 7.11 Å². The van der Waals surface area contributed by atoms with E-state index in [0.29, 0.717) is 0 Å². The third kappa shape index (κ3) is 3.22. The van der Waals surface area contributed by atoms with Gasteiger partial charge in [0.05, 0.1) is 6.10 Å². The molecule has 1 fully saturated rings. The van der Waals surface area contributed by atoms with E-state index >= 15 is 0 Å². The molecule has 0 aliphatic carbocycles. The van der Waals surface area contributed by atoms with Gasteiger partial charge in [0.2, 0.25) is 0 Å². The Balaban J connectivity index is 2.39. The molecule has 1 aromatic rings. The first-order valence-corrected chi connectivity index (χ1v) is 7.20. The van der Waals surface area contributed by atoms with Crippen molar-refractivity contribution in [3.05, 3.63) is 18.2 Å². The molecule has 0 aromatic heterocycles. The van der Waals surface area contributed by atoms with Crippen LogP contribution in [0.25, 0.3) is 0 Å². The van der Waals surface area contributed by atoms with Gasteiger partial charge in [0.1, 0.15) is 5.75 Å². The number of ether oxygens (including phenoxy) is 2. The summed E-state index contributed by atoms with van der Waals surface area (Å²) in [7, 11) is -2.90. The second kappa shape index (κ2) is 5.35. The number of phenols is 1. The summed E-state index contributed by atoms with van der Waals surface area (Å²) in [6.45, 7) is -0.00273. The molecule has 0 atom stereocenters. The van der Waals surface area contributed by atoms with Crippen molar-refractivity contribution in [1.29, 1.82) is 0 Å². The number of methoxy groups -OCH3 is 1. The van der Waals surface area contributed by atoms with Gasteiger partial charge < -0.3 is 14.6 Å². The first-order chi connectivity index (χ1) is 9.65. The Labute approximate surface area is 118 Å². The Kier molecular flexibility index (Phi) is 4.04. The summed E-state index contributed by atoms with van der Waals surface area (Å²) >= 11 is 0. The first kappa shape index (κ1) is 15.9. The molecular weight excluding hydrogens is 315 g/mol. The van der Waals surface area contributed by atoms with Crippen LogP contribution in [0.15, 0.2) is 23.1 Å². The number of sulfonamides is 1. The zero-order valence-corrected chi connectivity index (χ0v) is 11.6. The minimum Gasteiger partial charge on any atom is -0.506 e. The van der Waals surface area contributed by atoms with Crippen molar-refractivity contribution >= 4 is 10.0 Å². The fourth-order valence-electron chi connectivity index (χ4n) is 1.84. The summed E-state index contributed by atoms with van der Waals surface area (Å²) in [6, 6.07) is 2.86. The highest BCUT2D eigenvalue weighted by atomic mass is 32.2. The summed E-state index contributed by atoms with van der Waals surface area (Å²) in [5.41, 5.74) is 0. The Morgan fingerprint density at radius 1 is 1.33 bits per heavy atom. The summed E-state index contributed by atoms with van der Waals surface area (Å²) in [4.78, 5) is -0.906. The maximum absolute atomic E-state index is 12.3. The molecule has 118 valence electrons. The summed E-state index contributed by atoms with van der Waals surface area (Å²) in [5.74, 6) is -1.78. The molecule has 0 radical (unpaired) electrons. The highest BCUT2D eigenvalue weighted by Crippen LogP contribution is 2.38. The fourth-order valence-corrected chi connectivity index (χ4v) is 3.52. The largest absolute Gasteiger partial charge is 0.573 e. The van der Waals surface area contributed by atoms with Crippen LogP contribution in [0.4, 0.5) is 13.2 Å². The smallest absolute Gasteiger partial charge is 0.506 e. The maximum Gasteiger partial charge on any atom is 0.573 e. The first-order valence-electron chi connectivity index (χ1n) is 5.76. The van der Waals surface area contributed by atoms with Crippen LogP contribution < -0.4 is 4.74 Å². The lowest BCUT2D eigenvalue weighted by Crippen LogP contribution is -2.54. The minimum absolute atomic E-state index is 0.00136. The van der Waals surface area contributed by atoms with Crippen LogP contribution in [0, 0.1) is 0 Å². The molecule has 21 heavy (non-hydrogen) atoms. The number of aromatic hydroxyl groups is 1. The second-order valence-electron chi connectivity index (χ2n) is 4.33. The van der Waals surface area contributed by atoms with Crippen LogP contribution in [-0.4, -0.2) is 50.5 Å². The Hall–Kier alpha value is -1.52. The SMILES string of the molecule is COC1CN(S(=O)(=O)c2c(O)cccc2OC(F)(F)F)C1. The van der Waals surface area contributed by atoms with E-state index < -0.39 is 32.8 Å². The van der Waals surface area contributed by atoms with Crippen molar-refractivity contribution in [2.45, 2.75) is 17.4 Å². The fraction of sp³-hybridized carbons (Fsp3) is 0.455. The summed E-state index contributed by atoms with van der Waals surface area (Å²) in [5, 5.41) is 9.63. The monoisotopic (exact) mass is 327 g/mol. The van der Waals surface area contributed by atoms with Crippen LogP contribution in [-0.2, 0) is 14.8 Å². The molecule has 1 heterocycles. The number of alkyl halides is 3. The predicted octanol–water partition coefficient (Wildman–Crippen LogP) is 1.31. The van der Waals surface area contributed by atoms with Crippen LogP contribution in [0.2, 0.25) is 0 Å². The summed E-state index contributed by atoms with van der Waals surface area (Å²) < 4.78 is 71.0. The average Bonchev–Trinajstić information content (AvgIpc) is 2.24. The van der Waals surface area contributed by atoms with E-state index in [2.05, 4.69) is 4.74 Å². The lowest BCUT2D eigenvalue weighted by atomic mass is 10.2. The molecule has 0 saturated carbocycles. The second-order valence-corrected chi connectivity index (χ2v) is 6.21. The van der Waals surface area contributed by atoms with Gasteiger partial charge in [0, 0.05) is 20.2 Å². The number of halogens is 3. The molecule has 0 spiro atoms. The Bertz CT molecular complexity index is 625. The maximum atomic E-state index is 12.3. The molecule has 1 saturated heterocycles. The molecule has 1 N–H and O–H groups in total. The number of hydrogen-bond donors (Lipinski definition) is 1. The molecule has 1 aliphatic heterocycles. The topological polar surface area (TPSA) is 76.1 Å². The number of benzene rings is 1. The molecule has 10 heteroatoms. The van der Waals surface area contributed by atoms with Gasteiger partial charge in [-0.2, -0.15) is 4.31 Å². The van der Waals surface area contributed by atoms with Crippen LogP contribution in [0.1, 0.15) is 0 Å². The lowest BCUT2D eigenvalue weighted by Gasteiger charge is -2.37. The molecular formula is C11H12F3NO5S. The van der Waals surface area contributed by atoms with Crippen LogP contribution in [0.5, 0.6) is 11.5 Å². The molecule has 1 aromatic carbocycles. The standard InChI is InChI=1S/C11H12F3NO5S/c1-19-7-5-15(6-7)21(17,18)10-8(16)3-2-4-9(10)20-11(12,13)14/h2-4,7,16H,5-6H2,1H3. The van der Waals surface area contributed by atoms with Gasteiger partial charge in [-0.1, -0.05) is 6.07 Å². The zero-order chi connectivity index (χ0) is 15.8. The third-order valence-electron chi connectivity index (χ3n) is 2.93. The normalized spacial score (nSPS) is 17.5. The van der Waals surface area contributed by atoms with Crippen molar-refractivity contribution in [1.82, 2.24) is 4.31 Å². The van der Waals surface area contributed by atoms with Gasteiger partial charge in [-0.25, -0.2) is 8.42 Å². The highest BCUT2D eigenvalue weighted by Gasteiger charge is 2.42. The molecule has 2 rings (SSSR count). The van der Waals surface area contributed by atoms with Crippen molar-refractivity contribution < 1.29 is 36.2 Å². The quantitative estimate of drug-likeness (QED) is 0.902. The highest BCUT2D eigenvalue weighted by molar-refractivity contribution is 7.89. The van der Waals surface area contributed by atoms with E-state index in [1.807, 2.05) is 0 Å².